The molecule has 174 valence electrons. The number of anilines is 3. The van der Waals surface area contributed by atoms with Crippen molar-refractivity contribution in [2.75, 3.05) is 14.9 Å². The molecule has 0 fully saturated rings. The fourth-order valence-corrected chi connectivity index (χ4v) is 5.43. The zero-order chi connectivity index (χ0) is 24.5. The van der Waals surface area contributed by atoms with E-state index in [4.69, 9.17) is 0 Å². The number of benzene rings is 3. The van der Waals surface area contributed by atoms with E-state index >= 15 is 0 Å². The van der Waals surface area contributed by atoms with Gasteiger partial charge in [0.25, 0.3) is 10.0 Å². The molecule has 34 heavy (non-hydrogen) atoms. The largest absolute Gasteiger partial charge is 0.326 e. The Morgan fingerprint density at radius 2 is 1.71 bits per heavy atom. The molecule has 2 N–H and O–H groups in total. The molecule has 1 atom stereocenters. The number of hydrogen-bond donors (Lipinski definition) is 2. The smallest absolute Gasteiger partial charge is 0.265 e. The molecule has 2 amide bonds. The van der Waals surface area contributed by atoms with Crippen LogP contribution in [0.5, 0.6) is 0 Å². The first-order valence-corrected chi connectivity index (χ1v) is 12.0. The normalized spacial score (nSPS) is 15.3. The number of ketones is 1. The summed E-state index contributed by atoms with van der Waals surface area (Å²) in [7, 11) is -4.30. The number of carbonyl (C=O) groups excluding carboxylic acids is 3. The number of sulfonamides is 1. The van der Waals surface area contributed by atoms with E-state index in [1.165, 1.54) is 31.2 Å². The summed E-state index contributed by atoms with van der Waals surface area (Å²) < 4.78 is 28.5. The Bertz CT molecular complexity index is 1380. The van der Waals surface area contributed by atoms with Crippen molar-refractivity contribution in [1.82, 2.24) is 0 Å². The van der Waals surface area contributed by atoms with Gasteiger partial charge in [-0.1, -0.05) is 42.0 Å². The summed E-state index contributed by atoms with van der Waals surface area (Å²) in [6.45, 7) is 3.26. The van der Waals surface area contributed by atoms with E-state index in [1.54, 1.807) is 36.4 Å². The molecule has 0 aliphatic carbocycles. The molecule has 1 heterocycles. The van der Waals surface area contributed by atoms with Gasteiger partial charge in [0, 0.05) is 11.3 Å². The van der Waals surface area contributed by atoms with Crippen LogP contribution in [0.4, 0.5) is 17.1 Å². The molecule has 3 aromatic carbocycles. The van der Waals surface area contributed by atoms with Crippen molar-refractivity contribution in [1.29, 1.82) is 0 Å². The highest BCUT2D eigenvalue weighted by molar-refractivity contribution is 7.93. The van der Waals surface area contributed by atoms with E-state index < -0.39 is 34.3 Å². The SMILES string of the molecule is CC(=O)c1cccc(S(=O)(=O)N2c3ccccc3NC(=O)C2CC(=O)Nc2ccc(C)cc2)c1. The third-order valence-electron chi connectivity index (χ3n) is 5.50. The number of para-hydroxylation sites is 2. The van der Waals surface area contributed by atoms with Crippen molar-refractivity contribution in [3.63, 3.8) is 0 Å². The highest BCUT2D eigenvalue weighted by atomic mass is 32.2. The number of nitrogens with zero attached hydrogens (tertiary/aromatic N) is 1. The van der Waals surface area contributed by atoms with Crippen LogP contribution in [0.3, 0.4) is 0 Å². The number of carbonyl (C=O) groups is 3. The van der Waals surface area contributed by atoms with Gasteiger partial charge in [-0.2, -0.15) is 0 Å². The third kappa shape index (κ3) is 4.55. The van der Waals surface area contributed by atoms with Gasteiger partial charge in [-0.3, -0.25) is 18.7 Å². The number of nitrogens with one attached hydrogen (secondary N) is 2. The number of rotatable bonds is 6. The van der Waals surface area contributed by atoms with Gasteiger partial charge in [-0.15, -0.1) is 0 Å². The zero-order valence-electron chi connectivity index (χ0n) is 18.6. The lowest BCUT2D eigenvalue weighted by Crippen LogP contribution is -2.52. The molecular weight excluding hydrogens is 454 g/mol. The van der Waals surface area contributed by atoms with Gasteiger partial charge in [0.05, 0.1) is 22.7 Å². The molecule has 0 aromatic heterocycles. The number of fused-ring (bicyclic) bond motifs is 1. The summed E-state index contributed by atoms with van der Waals surface area (Å²) in [6.07, 6.45) is -0.403. The topological polar surface area (TPSA) is 113 Å². The van der Waals surface area contributed by atoms with E-state index in [1.807, 2.05) is 19.1 Å². The Morgan fingerprint density at radius 1 is 1.00 bits per heavy atom. The van der Waals surface area contributed by atoms with Gasteiger partial charge in [0.2, 0.25) is 11.8 Å². The summed E-state index contributed by atoms with van der Waals surface area (Å²) in [5.41, 5.74) is 2.34. The summed E-state index contributed by atoms with van der Waals surface area (Å²) in [4.78, 5) is 37.5. The molecular formula is C25H23N3O5S. The average Bonchev–Trinajstić information content (AvgIpc) is 2.81. The molecule has 0 spiro atoms. The number of aryl methyl sites for hydroxylation is 1. The summed E-state index contributed by atoms with van der Waals surface area (Å²) in [5.74, 6) is -1.42. The van der Waals surface area contributed by atoms with E-state index in [9.17, 15) is 22.8 Å². The van der Waals surface area contributed by atoms with Crippen molar-refractivity contribution >= 4 is 44.7 Å². The minimum absolute atomic E-state index is 0.145. The maximum absolute atomic E-state index is 13.8. The highest BCUT2D eigenvalue weighted by Crippen LogP contribution is 2.37. The predicted octanol–water partition coefficient (Wildman–Crippen LogP) is 3.74. The molecule has 4 rings (SSSR count). The fraction of sp³-hybridized carbons (Fsp3) is 0.160. The number of amides is 2. The first-order valence-electron chi connectivity index (χ1n) is 10.6. The molecule has 1 aliphatic rings. The maximum atomic E-state index is 13.8. The maximum Gasteiger partial charge on any atom is 0.265 e. The van der Waals surface area contributed by atoms with Crippen LogP contribution >= 0.6 is 0 Å². The van der Waals surface area contributed by atoms with Gasteiger partial charge in [-0.05, 0) is 50.2 Å². The van der Waals surface area contributed by atoms with Crippen molar-refractivity contribution in [2.24, 2.45) is 0 Å². The van der Waals surface area contributed by atoms with Crippen LogP contribution in [0.15, 0.2) is 77.7 Å². The van der Waals surface area contributed by atoms with Gasteiger partial charge in [-0.25, -0.2) is 8.42 Å². The first-order chi connectivity index (χ1) is 16.2. The van der Waals surface area contributed by atoms with Crippen LogP contribution in [0.1, 0.15) is 29.3 Å². The van der Waals surface area contributed by atoms with Gasteiger partial charge in [0.1, 0.15) is 6.04 Å². The second kappa shape index (κ2) is 9.11. The molecule has 0 radical (unpaired) electrons. The standard InChI is InChI=1S/C25H23N3O5S/c1-16-10-12-19(13-11-16)26-24(30)15-23-25(31)27-21-8-3-4-9-22(21)28(23)34(32,33)20-7-5-6-18(14-20)17(2)29/h3-14,23H,15H2,1-2H3,(H,26,30)(H,27,31). The quantitative estimate of drug-likeness (QED) is 0.525. The van der Waals surface area contributed by atoms with Crippen LogP contribution < -0.4 is 14.9 Å². The van der Waals surface area contributed by atoms with Crippen LogP contribution in [-0.2, 0) is 19.6 Å². The van der Waals surface area contributed by atoms with E-state index in [-0.39, 0.29) is 21.9 Å². The van der Waals surface area contributed by atoms with Crippen molar-refractivity contribution < 1.29 is 22.8 Å². The first kappa shape index (κ1) is 23.2. The van der Waals surface area contributed by atoms with Crippen LogP contribution in [0, 0.1) is 6.92 Å². The Balaban J connectivity index is 1.73. The van der Waals surface area contributed by atoms with Crippen LogP contribution in [0.2, 0.25) is 0 Å². The average molecular weight is 478 g/mol. The van der Waals surface area contributed by atoms with Crippen LogP contribution in [0.25, 0.3) is 0 Å². The lowest BCUT2D eigenvalue weighted by atomic mass is 10.1. The van der Waals surface area contributed by atoms with Crippen molar-refractivity contribution in [3.8, 4) is 0 Å². The molecule has 0 bridgehead atoms. The number of hydrogen-bond acceptors (Lipinski definition) is 5. The minimum atomic E-state index is -4.30. The Labute approximate surface area is 197 Å². The van der Waals surface area contributed by atoms with E-state index in [0.717, 1.165) is 9.87 Å². The van der Waals surface area contributed by atoms with Crippen molar-refractivity contribution in [2.45, 2.75) is 31.2 Å². The van der Waals surface area contributed by atoms with Gasteiger partial charge in [0.15, 0.2) is 5.78 Å². The van der Waals surface area contributed by atoms with Crippen molar-refractivity contribution in [3.05, 3.63) is 83.9 Å². The molecule has 3 aromatic rings. The molecule has 1 unspecified atom stereocenters. The summed E-state index contributed by atoms with van der Waals surface area (Å²) in [5, 5.41) is 5.40. The second-order valence-corrected chi connectivity index (χ2v) is 9.84. The summed E-state index contributed by atoms with van der Waals surface area (Å²) in [6, 6.07) is 17.9. The Morgan fingerprint density at radius 3 is 2.41 bits per heavy atom. The van der Waals surface area contributed by atoms with E-state index in [2.05, 4.69) is 10.6 Å². The Kier molecular flexibility index (Phi) is 6.21. The lowest BCUT2D eigenvalue weighted by molar-refractivity contribution is -0.122. The van der Waals surface area contributed by atoms with Gasteiger partial charge < -0.3 is 10.6 Å². The monoisotopic (exact) mass is 477 g/mol. The molecule has 8 nitrogen and oxygen atoms in total. The Hall–Kier alpha value is -3.98. The summed E-state index contributed by atoms with van der Waals surface area (Å²) >= 11 is 0. The minimum Gasteiger partial charge on any atom is -0.326 e. The molecule has 0 saturated heterocycles. The predicted molar refractivity (Wildman–Crippen MR) is 129 cm³/mol. The highest BCUT2D eigenvalue weighted by Gasteiger charge is 2.42. The fourth-order valence-electron chi connectivity index (χ4n) is 3.75. The molecule has 9 heteroatoms. The van der Waals surface area contributed by atoms with Gasteiger partial charge >= 0.3 is 0 Å². The zero-order valence-corrected chi connectivity index (χ0v) is 19.4. The van der Waals surface area contributed by atoms with E-state index in [0.29, 0.717) is 11.4 Å². The molecule has 0 saturated carbocycles. The third-order valence-corrected chi connectivity index (χ3v) is 7.32. The lowest BCUT2D eigenvalue weighted by Gasteiger charge is -2.36. The van der Waals surface area contributed by atoms with Crippen LogP contribution in [-0.4, -0.2) is 32.1 Å². The second-order valence-electron chi connectivity index (χ2n) is 8.03. The molecule has 1 aliphatic heterocycles. The number of Topliss-reactive ketones (excluding diaryl/α,β-unsaturated/α-hetero) is 1.